The van der Waals surface area contributed by atoms with Crippen molar-refractivity contribution < 1.29 is 19.1 Å². The Morgan fingerprint density at radius 1 is 0.941 bits per heavy atom. The van der Waals surface area contributed by atoms with Crippen molar-refractivity contribution in [3.8, 4) is 5.75 Å². The highest BCUT2D eigenvalue weighted by atomic mass is 35.5. The van der Waals surface area contributed by atoms with Gasteiger partial charge in [-0.05, 0) is 60.5 Å². The smallest absolute Gasteiger partial charge is 0.343 e. The van der Waals surface area contributed by atoms with Gasteiger partial charge >= 0.3 is 5.97 Å². The third-order valence-corrected chi connectivity index (χ3v) is 6.27. The predicted octanol–water partition coefficient (Wildman–Crippen LogP) is 6.21. The lowest BCUT2D eigenvalue weighted by atomic mass is 10.1. The molecular weight excluding hydrogens is 499 g/mol. The SMILES string of the molecule is CCc1cccc(OC(=O)c2ccc(NC3=C(Cl)C(=O)N(c4cccc(Cl)c4Cl)C3=O)cc2)c1. The van der Waals surface area contributed by atoms with Crippen molar-refractivity contribution >= 4 is 64.0 Å². The molecule has 1 heterocycles. The van der Waals surface area contributed by atoms with Crippen LogP contribution in [0.15, 0.2) is 77.5 Å². The maximum Gasteiger partial charge on any atom is 0.343 e. The summed E-state index contributed by atoms with van der Waals surface area (Å²) in [6.07, 6.45) is 0.826. The van der Waals surface area contributed by atoms with Crippen LogP contribution in [-0.2, 0) is 16.0 Å². The number of halogens is 3. The summed E-state index contributed by atoms with van der Waals surface area (Å²) in [6.45, 7) is 2.01. The maximum absolute atomic E-state index is 12.9. The monoisotopic (exact) mass is 514 g/mol. The molecule has 0 saturated carbocycles. The van der Waals surface area contributed by atoms with Gasteiger partial charge in [0.15, 0.2) is 0 Å². The van der Waals surface area contributed by atoms with Crippen LogP contribution in [-0.4, -0.2) is 17.8 Å². The predicted molar refractivity (Wildman–Crippen MR) is 133 cm³/mol. The van der Waals surface area contributed by atoms with Crippen LogP contribution in [0.1, 0.15) is 22.8 Å². The molecule has 0 unspecified atom stereocenters. The molecule has 0 saturated heterocycles. The van der Waals surface area contributed by atoms with E-state index in [1.54, 1.807) is 30.3 Å². The first-order valence-corrected chi connectivity index (χ1v) is 11.3. The van der Waals surface area contributed by atoms with Gasteiger partial charge in [0, 0.05) is 5.69 Å². The number of amides is 2. The second kappa shape index (κ2) is 9.89. The molecule has 0 bridgehead atoms. The maximum atomic E-state index is 12.9. The zero-order chi connectivity index (χ0) is 24.4. The largest absolute Gasteiger partial charge is 0.423 e. The van der Waals surface area contributed by atoms with Gasteiger partial charge in [-0.15, -0.1) is 0 Å². The molecule has 3 aromatic carbocycles. The van der Waals surface area contributed by atoms with Gasteiger partial charge in [0.2, 0.25) is 0 Å². The van der Waals surface area contributed by atoms with Crippen LogP contribution in [0.5, 0.6) is 5.75 Å². The molecule has 1 aliphatic rings. The topological polar surface area (TPSA) is 75.7 Å². The van der Waals surface area contributed by atoms with Crippen molar-refractivity contribution in [1.82, 2.24) is 0 Å². The van der Waals surface area contributed by atoms with E-state index in [9.17, 15) is 14.4 Å². The number of hydrogen-bond acceptors (Lipinski definition) is 5. The third kappa shape index (κ3) is 4.66. The fourth-order valence-corrected chi connectivity index (χ4v) is 3.92. The highest BCUT2D eigenvalue weighted by Crippen LogP contribution is 2.37. The van der Waals surface area contributed by atoms with Crippen molar-refractivity contribution in [2.75, 3.05) is 10.2 Å². The standard InChI is InChI=1S/C25H17Cl3N2O4/c1-2-14-5-3-6-17(13-14)34-25(33)15-9-11-16(12-10-15)29-22-21(28)23(31)30(24(22)32)19-8-4-7-18(26)20(19)27/h3-13,29H,2H2,1H3. The minimum absolute atomic E-state index is 0.0592. The van der Waals surface area contributed by atoms with Gasteiger partial charge in [-0.2, -0.15) is 0 Å². The minimum atomic E-state index is -0.729. The number of carbonyl (C=O) groups excluding carboxylic acids is 3. The Morgan fingerprint density at radius 3 is 2.35 bits per heavy atom. The van der Waals surface area contributed by atoms with E-state index in [1.165, 1.54) is 18.2 Å². The number of imide groups is 1. The molecule has 1 N–H and O–H groups in total. The first-order valence-electron chi connectivity index (χ1n) is 10.2. The lowest BCUT2D eigenvalue weighted by molar-refractivity contribution is -0.120. The lowest BCUT2D eigenvalue weighted by Crippen LogP contribution is -2.32. The molecule has 0 aromatic heterocycles. The van der Waals surface area contributed by atoms with E-state index in [0.29, 0.717) is 17.0 Å². The average Bonchev–Trinajstić information content (AvgIpc) is 3.04. The van der Waals surface area contributed by atoms with Crippen molar-refractivity contribution in [1.29, 1.82) is 0 Å². The van der Waals surface area contributed by atoms with Gasteiger partial charge < -0.3 is 10.1 Å². The van der Waals surface area contributed by atoms with Gasteiger partial charge in [-0.25, -0.2) is 9.69 Å². The number of anilines is 2. The van der Waals surface area contributed by atoms with E-state index in [-0.39, 0.29) is 26.5 Å². The zero-order valence-corrected chi connectivity index (χ0v) is 20.0. The number of ether oxygens (including phenoxy) is 1. The molecule has 0 spiro atoms. The molecule has 34 heavy (non-hydrogen) atoms. The fourth-order valence-electron chi connectivity index (χ4n) is 3.32. The highest BCUT2D eigenvalue weighted by molar-refractivity contribution is 6.54. The van der Waals surface area contributed by atoms with Crippen LogP contribution in [0.3, 0.4) is 0 Å². The fraction of sp³-hybridized carbons (Fsp3) is 0.0800. The molecule has 0 fully saturated rings. The Labute approximate surface area is 210 Å². The third-order valence-electron chi connectivity index (χ3n) is 5.11. The molecule has 4 rings (SSSR count). The summed E-state index contributed by atoms with van der Waals surface area (Å²) in [5.41, 5.74) is 1.82. The van der Waals surface area contributed by atoms with Crippen LogP contribution in [0, 0.1) is 0 Å². The van der Waals surface area contributed by atoms with Gasteiger partial charge in [-0.1, -0.05) is 59.9 Å². The summed E-state index contributed by atoms with van der Waals surface area (Å²) in [6, 6.07) is 18.1. The van der Waals surface area contributed by atoms with Crippen LogP contribution >= 0.6 is 34.8 Å². The second-order valence-electron chi connectivity index (χ2n) is 7.30. The lowest BCUT2D eigenvalue weighted by Gasteiger charge is -2.17. The summed E-state index contributed by atoms with van der Waals surface area (Å²) in [4.78, 5) is 38.9. The molecule has 0 aliphatic carbocycles. The minimum Gasteiger partial charge on any atom is -0.423 e. The number of benzene rings is 3. The normalized spacial score (nSPS) is 13.5. The summed E-state index contributed by atoms with van der Waals surface area (Å²) in [5.74, 6) is -1.48. The van der Waals surface area contributed by atoms with Gasteiger partial charge in [0.05, 0.1) is 21.3 Å². The van der Waals surface area contributed by atoms with Crippen molar-refractivity contribution in [2.45, 2.75) is 13.3 Å². The number of aryl methyl sites for hydroxylation is 1. The number of carbonyl (C=O) groups is 3. The Kier molecular flexibility index (Phi) is 6.93. The summed E-state index contributed by atoms with van der Waals surface area (Å²) in [5, 5.41) is 2.81. The van der Waals surface area contributed by atoms with Crippen LogP contribution < -0.4 is 15.0 Å². The Hall–Kier alpha value is -3.32. The van der Waals surface area contributed by atoms with E-state index >= 15 is 0 Å². The molecule has 3 aromatic rings. The van der Waals surface area contributed by atoms with Gasteiger partial charge in [0.25, 0.3) is 11.8 Å². The first-order chi connectivity index (χ1) is 16.3. The van der Waals surface area contributed by atoms with Gasteiger partial charge in [-0.3, -0.25) is 9.59 Å². The van der Waals surface area contributed by atoms with E-state index in [1.807, 2.05) is 25.1 Å². The Balaban J connectivity index is 1.49. The van der Waals surface area contributed by atoms with Crippen LogP contribution in [0.2, 0.25) is 10.0 Å². The summed E-state index contributed by atoms with van der Waals surface area (Å²) in [7, 11) is 0. The summed E-state index contributed by atoms with van der Waals surface area (Å²) >= 11 is 18.4. The van der Waals surface area contributed by atoms with Crippen molar-refractivity contribution in [3.63, 3.8) is 0 Å². The van der Waals surface area contributed by atoms with E-state index < -0.39 is 17.8 Å². The van der Waals surface area contributed by atoms with Crippen LogP contribution in [0.25, 0.3) is 0 Å². The highest BCUT2D eigenvalue weighted by Gasteiger charge is 2.40. The molecule has 2 amide bonds. The zero-order valence-electron chi connectivity index (χ0n) is 17.8. The quantitative estimate of drug-likeness (QED) is 0.240. The Bertz CT molecular complexity index is 1340. The van der Waals surface area contributed by atoms with Gasteiger partial charge in [0.1, 0.15) is 16.5 Å². The Morgan fingerprint density at radius 2 is 1.65 bits per heavy atom. The average molecular weight is 516 g/mol. The summed E-state index contributed by atoms with van der Waals surface area (Å²) < 4.78 is 5.43. The van der Waals surface area contributed by atoms with E-state index in [2.05, 4.69) is 5.32 Å². The first kappa shape index (κ1) is 23.8. The molecule has 1 aliphatic heterocycles. The number of rotatable bonds is 6. The molecular formula is C25H17Cl3N2O4. The molecule has 0 radical (unpaired) electrons. The molecule has 6 nitrogen and oxygen atoms in total. The van der Waals surface area contributed by atoms with Crippen LogP contribution in [0.4, 0.5) is 11.4 Å². The number of nitrogens with zero attached hydrogens (tertiary/aromatic N) is 1. The number of esters is 1. The molecule has 172 valence electrons. The molecule has 0 atom stereocenters. The number of hydrogen-bond donors (Lipinski definition) is 1. The van der Waals surface area contributed by atoms with Crippen molar-refractivity contribution in [3.05, 3.63) is 98.6 Å². The van der Waals surface area contributed by atoms with E-state index in [0.717, 1.165) is 16.9 Å². The van der Waals surface area contributed by atoms with E-state index in [4.69, 9.17) is 39.5 Å². The molecule has 9 heteroatoms. The van der Waals surface area contributed by atoms with Crippen molar-refractivity contribution in [2.24, 2.45) is 0 Å². The second-order valence-corrected chi connectivity index (χ2v) is 8.46. The number of nitrogens with one attached hydrogen (secondary N) is 1.